The van der Waals surface area contributed by atoms with E-state index in [1.165, 1.54) is 36.4 Å². The van der Waals surface area contributed by atoms with Gasteiger partial charge in [-0.15, -0.1) is 5.10 Å². The Labute approximate surface area is 165 Å². The van der Waals surface area contributed by atoms with Crippen molar-refractivity contribution in [3.8, 4) is 5.69 Å². The zero-order valence-electron chi connectivity index (χ0n) is 15.5. The van der Waals surface area contributed by atoms with E-state index in [1.54, 1.807) is 21.7 Å². The van der Waals surface area contributed by atoms with Gasteiger partial charge in [-0.3, -0.25) is 4.90 Å². The van der Waals surface area contributed by atoms with Crippen molar-refractivity contribution >= 4 is 11.7 Å². The fourth-order valence-electron chi connectivity index (χ4n) is 3.13. The van der Waals surface area contributed by atoms with Crippen molar-refractivity contribution in [1.29, 1.82) is 0 Å². The fraction of sp³-hybridized carbons (Fsp3) is 0.263. The summed E-state index contributed by atoms with van der Waals surface area (Å²) in [4.78, 5) is 16.2. The molecule has 1 saturated heterocycles. The van der Waals surface area contributed by atoms with Gasteiger partial charge in [-0.05, 0) is 59.0 Å². The van der Waals surface area contributed by atoms with Crippen LogP contribution >= 0.6 is 0 Å². The van der Waals surface area contributed by atoms with Crippen LogP contribution in [-0.4, -0.2) is 62.2 Å². The van der Waals surface area contributed by atoms with Gasteiger partial charge in [-0.25, -0.2) is 13.6 Å². The van der Waals surface area contributed by atoms with E-state index in [0.717, 1.165) is 0 Å². The number of tetrazole rings is 1. The molecule has 2 heterocycles. The number of hydrogen-bond acceptors (Lipinski definition) is 5. The molecule has 0 spiro atoms. The van der Waals surface area contributed by atoms with E-state index >= 15 is 0 Å². The minimum Gasteiger partial charge on any atom is -0.322 e. The van der Waals surface area contributed by atoms with Gasteiger partial charge in [0.25, 0.3) is 0 Å². The highest BCUT2D eigenvalue weighted by Crippen LogP contribution is 2.14. The molecule has 0 bridgehead atoms. The second-order valence-electron chi connectivity index (χ2n) is 6.68. The molecule has 1 aromatic heterocycles. The van der Waals surface area contributed by atoms with Gasteiger partial charge < -0.3 is 10.2 Å². The number of hydrogen-bond donors (Lipinski definition) is 1. The number of nitrogens with one attached hydrogen (secondary N) is 1. The van der Waals surface area contributed by atoms with Crippen molar-refractivity contribution in [3.05, 3.63) is 66.0 Å². The summed E-state index contributed by atoms with van der Waals surface area (Å²) in [5, 5.41) is 14.5. The van der Waals surface area contributed by atoms with E-state index in [0.29, 0.717) is 49.9 Å². The molecule has 150 valence electrons. The van der Waals surface area contributed by atoms with Crippen LogP contribution < -0.4 is 5.32 Å². The molecule has 2 amide bonds. The summed E-state index contributed by atoms with van der Waals surface area (Å²) >= 11 is 0. The molecule has 10 heteroatoms. The molecule has 0 radical (unpaired) electrons. The van der Waals surface area contributed by atoms with Crippen LogP contribution in [0.3, 0.4) is 0 Å². The fourth-order valence-corrected chi connectivity index (χ4v) is 3.13. The molecule has 29 heavy (non-hydrogen) atoms. The zero-order chi connectivity index (χ0) is 20.2. The van der Waals surface area contributed by atoms with E-state index in [1.807, 2.05) is 0 Å². The van der Waals surface area contributed by atoms with Crippen molar-refractivity contribution < 1.29 is 13.6 Å². The minimum absolute atomic E-state index is 0.215. The molecule has 1 aliphatic rings. The molecule has 1 N–H and O–H groups in total. The molecule has 4 rings (SSSR count). The molecule has 0 saturated carbocycles. The van der Waals surface area contributed by atoms with E-state index in [2.05, 4.69) is 25.7 Å². The van der Waals surface area contributed by atoms with Gasteiger partial charge in [0, 0.05) is 31.9 Å². The monoisotopic (exact) mass is 399 g/mol. The average Bonchev–Trinajstić information content (AvgIpc) is 3.19. The van der Waals surface area contributed by atoms with Crippen molar-refractivity contribution in [3.63, 3.8) is 0 Å². The summed E-state index contributed by atoms with van der Waals surface area (Å²) < 4.78 is 27.7. The lowest BCUT2D eigenvalue weighted by molar-refractivity contribution is 0.140. The maximum Gasteiger partial charge on any atom is 0.321 e. The third kappa shape index (κ3) is 4.54. The Morgan fingerprint density at radius 1 is 0.931 bits per heavy atom. The van der Waals surface area contributed by atoms with Crippen LogP contribution in [0.2, 0.25) is 0 Å². The van der Waals surface area contributed by atoms with Crippen LogP contribution in [0.4, 0.5) is 19.3 Å². The third-order valence-electron chi connectivity index (χ3n) is 4.73. The smallest absolute Gasteiger partial charge is 0.321 e. The Morgan fingerprint density at radius 2 is 1.55 bits per heavy atom. The van der Waals surface area contributed by atoms with E-state index in [-0.39, 0.29) is 17.7 Å². The molecular weight excluding hydrogens is 380 g/mol. The molecule has 1 fully saturated rings. The molecular formula is C19H19F2N7O. The Bertz CT molecular complexity index is 967. The summed E-state index contributed by atoms with van der Waals surface area (Å²) in [6.45, 7) is 2.92. The van der Waals surface area contributed by atoms with Crippen LogP contribution in [0.5, 0.6) is 0 Å². The maximum atomic E-state index is 13.1. The van der Waals surface area contributed by atoms with Crippen LogP contribution in [-0.2, 0) is 6.54 Å². The van der Waals surface area contributed by atoms with Crippen LogP contribution in [0, 0.1) is 11.6 Å². The van der Waals surface area contributed by atoms with Gasteiger partial charge in [0.1, 0.15) is 11.6 Å². The van der Waals surface area contributed by atoms with Gasteiger partial charge in [0.2, 0.25) is 0 Å². The van der Waals surface area contributed by atoms with E-state index in [4.69, 9.17) is 0 Å². The minimum atomic E-state index is -0.348. The summed E-state index contributed by atoms with van der Waals surface area (Å²) in [7, 11) is 0. The number of halogens is 2. The topological polar surface area (TPSA) is 79.2 Å². The number of anilines is 1. The second-order valence-corrected chi connectivity index (χ2v) is 6.68. The standard InChI is InChI=1S/C19H19F2N7O/c20-14-1-5-16(6-2-14)22-19(29)27-11-9-26(10-12-27)13-18-23-24-25-28(18)17-7-3-15(21)4-8-17/h1-8H,9-13H2,(H,22,29). The number of nitrogens with zero attached hydrogens (tertiary/aromatic N) is 6. The van der Waals surface area contributed by atoms with Crippen molar-refractivity contribution in [2.24, 2.45) is 0 Å². The quantitative estimate of drug-likeness (QED) is 0.728. The number of urea groups is 1. The van der Waals surface area contributed by atoms with Crippen LogP contribution in [0.15, 0.2) is 48.5 Å². The molecule has 0 atom stereocenters. The molecule has 0 aliphatic carbocycles. The van der Waals surface area contributed by atoms with E-state index < -0.39 is 0 Å². The first-order valence-electron chi connectivity index (χ1n) is 9.15. The third-order valence-corrected chi connectivity index (χ3v) is 4.73. The van der Waals surface area contributed by atoms with Crippen molar-refractivity contribution in [1.82, 2.24) is 30.0 Å². The SMILES string of the molecule is O=C(Nc1ccc(F)cc1)N1CCN(Cc2nnnn2-c2ccc(F)cc2)CC1. The number of rotatable bonds is 4. The van der Waals surface area contributed by atoms with Gasteiger partial charge >= 0.3 is 6.03 Å². The first-order valence-corrected chi connectivity index (χ1v) is 9.15. The average molecular weight is 399 g/mol. The number of carbonyl (C=O) groups is 1. The van der Waals surface area contributed by atoms with Gasteiger partial charge in [0.05, 0.1) is 12.2 Å². The normalized spacial score (nSPS) is 14.8. The number of amides is 2. The lowest BCUT2D eigenvalue weighted by Crippen LogP contribution is -2.49. The molecule has 8 nitrogen and oxygen atoms in total. The predicted octanol–water partition coefficient (Wildman–Crippen LogP) is 2.29. The molecule has 0 unspecified atom stereocenters. The Balaban J connectivity index is 1.32. The Morgan fingerprint density at radius 3 is 2.21 bits per heavy atom. The maximum absolute atomic E-state index is 13.1. The highest BCUT2D eigenvalue weighted by atomic mass is 19.1. The summed E-state index contributed by atoms with van der Waals surface area (Å²) in [5.41, 5.74) is 1.24. The summed E-state index contributed by atoms with van der Waals surface area (Å²) in [5.74, 6) is -0.0289. The van der Waals surface area contributed by atoms with Gasteiger partial charge in [-0.1, -0.05) is 0 Å². The van der Waals surface area contributed by atoms with Gasteiger partial charge in [-0.2, -0.15) is 4.68 Å². The van der Waals surface area contributed by atoms with Gasteiger partial charge in [0.15, 0.2) is 5.82 Å². The Hall–Kier alpha value is -3.40. The van der Waals surface area contributed by atoms with Crippen molar-refractivity contribution in [2.75, 3.05) is 31.5 Å². The highest BCUT2D eigenvalue weighted by molar-refractivity contribution is 5.89. The largest absolute Gasteiger partial charge is 0.322 e. The number of carbonyl (C=O) groups excluding carboxylic acids is 1. The van der Waals surface area contributed by atoms with Crippen molar-refractivity contribution in [2.45, 2.75) is 6.54 Å². The second kappa shape index (κ2) is 8.31. The number of piperazine rings is 1. The lowest BCUT2D eigenvalue weighted by atomic mass is 10.3. The molecule has 2 aromatic carbocycles. The lowest BCUT2D eigenvalue weighted by Gasteiger charge is -2.34. The highest BCUT2D eigenvalue weighted by Gasteiger charge is 2.23. The van der Waals surface area contributed by atoms with Crippen LogP contribution in [0.1, 0.15) is 5.82 Å². The molecule has 3 aromatic rings. The zero-order valence-corrected chi connectivity index (χ0v) is 15.5. The predicted molar refractivity (Wildman–Crippen MR) is 101 cm³/mol. The number of benzene rings is 2. The molecule has 1 aliphatic heterocycles. The van der Waals surface area contributed by atoms with Crippen LogP contribution in [0.25, 0.3) is 5.69 Å². The number of aromatic nitrogens is 4. The first-order chi connectivity index (χ1) is 14.1. The Kier molecular flexibility index (Phi) is 5.43. The summed E-state index contributed by atoms with van der Waals surface area (Å²) in [6.07, 6.45) is 0. The summed E-state index contributed by atoms with van der Waals surface area (Å²) in [6, 6.07) is 11.4. The van der Waals surface area contributed by atoms with E-state index in [9.17, 15) is 13.6 Å². The first kappa shape index (κ1) is 18.9.